The van der Waals surface area contributed by atoms with Crippen LogP contribution in [-0.4, -0.2) is 41.4 Å². The van der Waals surface area contributed by atoms with Gasteiger partial charge in [0.1, 0.15) is 6.04 Å². The molecule has 0 bridgehead atoms. The molecule has 2 unspecified atom stereocenters. The summed E-state index contributed by atoms with van der Waals surface area (Å²) in [6, 6.07) is 2.68. The molecule has 0 saturated carbocycles. The summed E-state index contributed by atoms with van der Waals surface area (Å²) in [5, 5.41) is 10.6. The summed E-state index contributed by atoms with van der Waals surface area (Å²) in [6.07, 6.45) is -5.01. The van der Waals surface area contributed by atoms with Gasteiger partial charge in [-0.15, -0.1) is 0 Å². The van der Waals surface area contributed by atoms with Gasteiger partial charge in [-0.2, -0.15) is 18.4 Å². The predicted octanol–water partition coefficient (Wildman–Crippen LogP) is 2.17. The summed E-state index contributed by atoms with van der Waals surface area (Å²) >= 11 is 0. The van der Waals surface area contributed by atoms with Crippen molar-refractivity contribution in [3.8, 4) is 6.07 Å². The Bertz CT molecular complexity index is 783. The molecule has 1 aromatic rings. The van der Waals surface area contributed by atoms with Gasteiger partial charge in [0.25, 0.3) is 0 Å². The van der Waals surface area contributed by atoms with Crippen LogP contribution in [0.3, 0.4) is 0 Å². The lowest BCUT2D eigenvalue weighted by Crippen LogP contribution is -2.65. The number of benzene rings is 1. The normalized spacial score (nSPS) is 20.9. The molecule has 0 aromatic heterocycles. The van der Waals surface area contributed by atoms with Crippen LogP contribution in [0.25, 0.3) is 0 Å². The Morgan fingerprint density at radius 3 is 2.48 bits per heavy atom. The summed E-state index contributed by atoms with van der Waals surface area (Å²) < 4.78 is 40.1. The second-order valence-corrected chi connectivity index (χ2v) is 5.61. The monoisotopic (exact) mass is 353 g/mol. The molecule has 1 aliphatic heterocycles. The minimum Gasteiger partial charge on any atom is -0.313 e. The average Bonchev–Trinajstić information content (AvgIpc) is 2.51. The van der Waals surface area contributed by atoms with Gasteiger partial charge in [-0.25, -0.2) is 4.79 Å². The van der Waals surface area contributed by atoms with Gasteiger partial charge in [0.15, 0.2) is 11.7 Å². The Labute approximate surface area is 141 Å². The minimum atomic E-state index is -5.01. The number of hydrogen-bond donors (Lipinski definition) is 1. The third-order valence-corrected chi connectivity index (χ3v) is 3.88. The maximum atomic E-state index is 13.4. The molecule has 0 spiro atoms. The van der Waals surface area contributed by atoms with Gasteiger partial charge < -0.3 is 4.90 Å². The number of urea groups is 1. The number of rotatable bonds is 3. The van der Waals surface area contributed by atoms with E-state index < -0.39 is 35.9 Å². The van der Waals surface area contributed by atoms with E-state index in [-0.39, 0.29) is 17.7 Å². The van der Waals surface area contributed by atoms with Crippen LogP contribution in [0, 0.1) is 24.2 Å². The minimum absolute atomic E-state index is 0.0987. The number of nitriles is 1. The zero-order valence-corrected chi connectivity index (χ0v) is 13.3. The van der Waals surface area contributed by atoms with E-state index in [2.05, 4.69) is 0 Å². The van der Waals surface area contributed by atoms with E-state index in [0.29, 0.717) is 10.5 Å². The number of nitrogens with zero attached hydrogens (tertiary/aromatic N) is 2. The predicted molar refractivity (Wildman–Crippen MR) is 79.5 cm³/mol. The van der Waals surface area contributed by atoms with Gasteiger partial charge in [-0.05, 0) is 37.6 Å². The number of carbonyl (C=O) groups is 3. The van der Waals surface area contributed by atoms with Crippen molar-refractivity contribution >= 4 is 17.7 Å². The first-order chi connectivity index (χ1) is 11.6. The van der Waals surface area contributed by atoms with E-state index in [9.17, 15) is 27.6 Å². The van der Waals surface area contributed by atoms with Gasteiger partial charge in [0.05, 0.1) is 11.6 Å². The van der Waals surface area contributed by atoms with Crippen LogP contribution in [0.4, 0.5) is 18.0 Å². The van der Waals surface area contributed by atoms with Crippen molar-refractivity contribution in [2.75, 3.05) is 6.54 Å². The molecular formula is C16H14F3N3O3. The molecule has 0 aliphatic carbocycles. The number of ketones is 1. The van der Waals surface area contributed by atoms with Crippen LogP contribution in [-0.2, 0) is 4.79 Å². The number of amides is 3. The first kappa shape index (κ1) is 18.4. The van der Waals surface area contributed by atoms with E-state index >= 15 is 0 Å². The van der Waals surface area contributed by atoms with Crippen molar-refractivity contribution in [1.29, 1.82) is 5.26 Å². The molecule has 1 aliphatic rings. The number of nitrogens with one attached hydrogen (secondary N) is 1. The molecular weight excluding hydrogens is 339 g/mol. The number of imide groups is 1. The lowest BCUT2D eigenvalue weighted by molar-refractivity contribution is -0.192. The summed E-state index contributed by atoms with van der Waals surface area (Å²) in [7, 11) is 0. The Kier molecular flexibility index (Phi) is 4.83. The zero-order chi connectivity index (χ0) is 18.9. The second-order valence-electron chi connectivity index (χ2n) is 5.61. The Balaban J connectivity index is 2.58. The Morgan fingerprint density at radius 2 is 1.96 bits per heavy atom. The van der Waals surface area contributed by atoms with Crippen LogP contribution >= 0.6 is 0 Å². The number of Topliss-reactive ketones (excluding diaryl/α,β-unsaturated/α-hetero) is 1. The van der Waals surface area contributed by atoms with E-state index in [1.54, 1.807) is 12.2 Å². The molecule has 2 atom stereocenters. The quantitative estimate of drug-likeness (QED) is 0.843. The van der Waals surface area contributed by atoms with Crippen molar-refractivity contribution < 1.29 is 27.6 Å². The van der Waals surface area contributed by atoms with Crippen LogP contribution in [0.15, 0.2) is 18.2 Å². The van der Waals surface area contributed by atoms with Crippen molar-refractivity contribution in [3.63, 3.8) is 0 Å². The topological polar surface area (TPSA) is 90.3 Å². The molecule has 6 nitrogen and oxygen atoms in total. The second kappa shape index (κ2) is 6.55. The number of likely N-dealkylation sites (N-methyl/N-ethyl adjacent to an activating group) is 1. The van der Waals surface area contributed by atoms with Gasteiger partial charge in [-0.1, -0.05) is 0 Å². The summed E-state index contributed by atoms with van der Waals surface area (Å²) in [5.74, 6) is -5.27. The molecule has 1 fully saturated rings. The number of carbonyl (C=O) groups excluding carboxylic acids is 3. The highest BCUT2D eigenvalue weighted by Gasteiger charge is 2.57. The number of aryl methyl sites for hydroxylation is 1. The molecule has 1 saturated heterocycles. The Morgan fingerprint density at radius 1 is 1.32 bits per heavy atom. The molecule has 0 radical (unpaired) electrons. The number of halogens is 3. The van der Waals surface area contributed by atoms with Crippen molar-refractivity contribution in [2.24, 2.45) is 5.92 Å². The lowest BCUT2D eigenvalue weighted by Gasteiger charge is -2.39. The third-order valence-electron chi connectivity index (χ3n) is 3.88. The van der Waals surface area contributed by atoms with Gasteiger partial charge in [0.2, 0.25) is 5.91 Å². The third kappa shape index (κ3) is 3.47. The average molecular weight is 353 g/mol. The van der Waals surface area contributed by atoms with Gasteiger partial charge in [-0.3, -0.25) is 14.9 Å². The number of alkyl halides is 3. The fraction of sp³-hybridized carbons (Fsp3) is 0.375. The van der Waals surface area contributed by atoms with E-state index in [4.69, 9.17) is 5.26 Å². The highest BCUT2D eigenvalue weighted by molar-refractivity contribution is 6.09. The molecule has 9 heteroatoms. The lowest BCUT2D eigenvalue weighted by atomic mass is 9.87. The molecule has 132 valence electrons. The first-order valence-electron chi connectivity index (χ1n) is 7.34. The fourth-order valence-corrected chi connectivity index (χ4v) is 2.83. The Hall–Kier alpha value is -2.89. The highest BCUT2D eigenvalue weighted by atomic mass is 19.4. The van der Waals surface area contributed by atoms with E-state index in [1.165, 1.54) is 19.1 Å². The zero-order valence-electron chi connectivity index (χ0n) is 13.3. The van der Waals surface area contributed by atoms with Crippen LogP contribution in [0.2, 0.25) is 0 Å². The summed E-state index contributed by atoms with van der Waals surface area (Å²) in [6.45, 7) is 2.79. The SMILES string of the molecule is CCN1C(=O)NC(=O)C(C(F)(F)F)C1C(=O)c1cc(C)cc(C#N)c1. The van der Waals surface area contributed by atoms with Crippen molar-refractivity contribution in [3.05, 3.63) is 34.9 Å². The molecule has 1 heterocycles. The van der Waals surface area contributed by atoms with Crippen LogP contribution < -0.4 is 5.32 Å². The highest BCUT2D eigenvalue weighted by Crippen LogP contribution is 2.35. The van der Waals surface area contributed by atoms with Crippen LogP contribution in [0.1, 0.15) is 28.4 Å². The van der Waals surface area contributed by atoms with Gasteiger partial charge in [0, 0.05) is 12.1 Å². The maximum absolute atomic E-state index is 13.4. The molecule has 1 N–H and O–H groups in total. The molecule has 1 aromatic carbocycles. The smallest absolute Gasteiger partial charge is 0.313 e. The summed E-state index contributed by atoms with van der Waals surface area (Å²) in [4.78, 5) is 37.1. The van der Waals surface area contributed by atoms with E-state index in [0.717, 1.165) is 6.07 Å². The maximum Gasteiger partial charge on any atom is 0.402 e. The molecule has 3 amide bonds. The largest absolute Gasteiger partial charge is 0.402 e. The summed E-state index contributed by atoms with van der Waals surface area (Å²) in [5.41, 5.74) is 0.443. The van der Waals surface area contributed by atoms with Crippen molar-refractivity contribution in [1.82, 2.24) is 10.2 Å². The van der Waals surface area contributed by atoms with Gasteiger partial charge >= 0.3 is 12.2 Å². The molecule has 2 rings (SSSR count). The van der Waals surface area contributed by atoms with E-state index in [1.807, 2.05) is 6.07 Å². The van der Waals surface area contributed by atoms with Crippen LogP contribution in [0.5, 0.6) is 0 Å². The van der Waals surface area contributed by atoms with Crippen molar-refractivity contribution in [2.45, 2.75) is 26.1 Å². The standard InChI is InChI=1S/C16H14F3N3O3/c1-3-22-12(11(16(17,18)19)14(24)21-15(22)25)13(23)10-5-8(2)4-9(6-10)7-20/h4-6,11-12H,3H2,1-2H3,(H,21,24,25). The molecule has 25 heavy (non-hydrogen) atoms. The first-order valence-corrected chi connectivity index (χ1v) is 7.34. The fourth-order valence-electron chi connectivity index (χ4n) is 2.83. The number of hydrogen-bond acceptors (Lipinski definition) is 4.